The summed E-state index contributed by atoms with van der Waals surface area (Å²) in [5.41, 5.74) is 0. The Morgan fingerprint density at radius 1 is 1.44 bits per heavy atom. The number of carbonyl (C=O) groups excluding carboxylic acids is 2. The van der Waals surface area contributed by atoms with E-state index in [9.17, 15) is 9.59 Å². The van der Waals surface area contributed by atoms with Crippen molar-refractivity contribution < 1.29 is 14.0 Å². The summed E-state index contributed by atoms with van der Waals surface area (Å²) in [6, 6.07) is 3.40. The summed E-state index contributed by atoms with van der Waals surface area (Å²) in [6.45, 7) is 3.76. The Hall–Kier alpha value is -2.19. The molecule has 25 heavy (non-hydrogen) atoms. The highest BCUT2D eigenvalue weighted by Gasteiger charge is 2.29. The van der Waals surface area contributed by atoms with E-state index in [4.69, 9.17) is 4.42 Å². The number of thiazole rings is 1. The molecule has 2 aromatic heterocycles. The zero-order chi connectivity index (χ0) is 17.6. The zero-order valence-electron chi connectivity index (χ0n) is 14.1. The maximum Gasteiger partial charge on any atom is 0.243 e. The number of carbonyl (C=O) groups is 2. The van der Waals surface area contributed by atoms with Gasteiger partial charge in [-0.1, -0.05) is 0 Å². The number of furan rings is 1. The van der Waals surface area contributed by atoms with Crippen LogP contribution in [-0.2, 0) is 16.1 Å². The maximum atomic E-state index is 12.3. The van der Waals surface area contributed by atoms with Gasteiger partial charge in [-0.05, 0) is 45.0 Å². The predicted octanol–water partition coefficient (Wildman–Crippen LogP) is 2.09. The summed E-state index contributed by atoms with van der Waals surface area (Å²) < 4.78 is 5.22. The molecule has 0 unspecified atom stereocenters. The Morgan fingerprint density at radius 2 is 2.24 bits per heavy atom. The van der Waals surface area contributed by atoms with Crippen molar-refractivity contribution in [3.63, 3.8) is 0 Å². The molecule has 1 aliphatic rings. The standard InChI is InChI=1S/C17H22N4O3S/c1-12(15(22)20-17-18-6-10-25-17)21-7-4-13(5-8-21)16(23)19-11-14-3-2-9-24-14/h2-3,6,9-10,12-13H,4-5,7-8,11H2,1H3,(H,19,23)(H,18,20,22)/t12-/m0/s1. The van der Waals surface area contributed by atoms with Gasteiger partial charge in [-0.25, -0.2) is 4.98 Å². The quantitative estimate of drug-likeness (QED) is 0.822. The maximum absolute atomic E-state index is 12.3. The molecule has 0 saturated carbocycles. The van der Waals surface area contributed by atoms with Crippen molar-refractivity contribution in [2.75, 3.05) is 18.4 Å². The molecule has 8 heteroatoms. The third kappa shape index (κ3) is 4.67. The summed E-state index contributed by atoms with van der Waals surface area (Å²) >= 11 is 1.40. The summed E-state index contributed by atoms with van der Waals surface area (Å²) in [6.07, 6.45) is 4.76. The van der Waals surface area contributed by atoms with Crippen molar-refractivity contribution in [1.82, 2.24) is 15.2 Å². The van der Waals surface area contributed by atoms with Gasteiger partial charge in [0.15, 0.2) is 5.13 Å². The fraction of sp³-hybridized carbons (Fsp3) is 0.471. The van der Waals surface area contributed by atoms with E-state index in [-0.39, 0.29) is 23.8 Å². The normalized spacial score (nSPS) is 17.2. The average Bonchev–Trinajstić information content (AvgIpc) is 3.33. The van der Waals surface area contributed by atoms with Crippen molar-refractivity contribution in [2.45, 2.75) is 32.4 Å². The van der Waals surface area contributed by atoms with Gasteiger partial charge in [0.25, 0.3) is 0 Å². The fourth-order valence-corrected chi connectivity index (χ4v) is 3.47. The van der Waals surface area contributed by atoms with Crippen molar-refractivity contribution in [3.8, 4) is 0 Å². The van der Waals surface area contributed by atoms with Crippen LogP contribution in [0, 0.1) is 5.92 Å². The lowest BCUT2D eigenvalue weighted by molar-refractivity contribution is -0.127. The summed E-state index contributed by atoms with van der Waals surface area (Å²) in [5.74, 6) is 0.727. The van der Waals surface area contributed by atoms with Crippen LogP contribution in [0.1, 0.15) is 25.5 Å². The second-order valence-electron chi connectivity index (χ2n) is 6.11. The summed E-state index contributed by atoms with van der Waals surface area (Å²) in [7, 11) is 0. The first kappa shape index (κ1) is 17.6. The number of anilines is 1. The number of amides is 2. The summed E-state index contributed by atoms with van der Waals surface area (Å²) in [5, 5.41) is 8.18. The lowest BCUT2D eigenvalue weighted by Crippen LogP contribution is -2.48. The van der Waals surface area contributed by atoms with Crippen molar-refractivity contribution in [2.24, 2.45) is 5.92 Å². The number of likely N-dealkylation sites (tertiary alicyclic amines) is 1. The molecule has 1 aliphatic heterocycles. The largest absolute Gasteiger partial charge is 0.467 e. The molecule has 3 heterocycles. The topological polar surface area (TPSA) is 87.5 Å². The molecular formula is C17H22N4O3S. The van der Waals surface area contributed by atoms with Gasteiger partial charge in [0.1, 0.15) is 5.76 Å². The van der Waals surface area contributed by atoms with Crippen LogP contribution < -0.4 is 10.6 Å². The van der Waals surface area contributed by atoms with E-state index in [1.54, 1.807) is 18.5 Å². The Morgan fingerprint density at radius 3 is 2.88 bits per heavy atom. The third-order valence-corrected chi connectivity index (χ3v) is 5.20. The molecule has 0 aliphatic carbocycles. The van der Waals surface area contributed by atoms with E-state index in [0.717, 1.165) is 31.7 Å². The monoisotopic (exact) mass is 362 g/mol. The van der Waals surface area contributed by atoms with Crippen molar-refractivity contribution in [3.05, 3.63) is 35.7 Å². The Bertz CT molecular complexity index is 679. The first-order chi connectivity index (χ1) is 12.1. The Kier molecular flexibility index (Phi) is 5.83. The number of aromatic nitrogens is 1. The number of nitrogens with one attached hydrogen (secondary N) is 2. The molecule has 134 valence electrons. The minimum atomic E-state index is -0.240. The molecule has 2 aromatic rings. The number of hydrogen-bond donors (Lipinski definition) is 2. The van der Waals surface area contributed by atoms with E-state index in [2.05, 4.69) is 20.5 Å². The third-order valence-electron chi connectivity index (χ3n) is 4.51. The van der Waals surface area contributed by atoms with Crippen LogP contribution in [0.4, 0.5) is 5.13 Å². The molecule has 0 radical (unpaired) electrons. The number of piperidine rings is 1. The number of rotatable bonds is 6. The summed E-state index contributed by atoms with van der Waals surface area (Å²) in [4.78, 5) is 30.7. The van der Waals surface area contributed by atoms with Crippen LogP contribution in [0.25, 0.3) is 0 Å². The SMILES string of the molecule is C[C@@H](C(=O)Nc1nccs1)N1CCC(C(=O)NCc2ccco2)CC1. The van der Waals surface area contributed by atoms with Gasteiger partial charge in [0.05, 0.1) is 18.8 Å². The highest BCUT2D eigenvalue weighted by Crippen LogP contribution is 2.20. The van der Waals surface area contributed by atoms with E-state index < -0.39 is 0 Å². The van der Waals surface area contributed by atoms with Gasteiger partial charge in [0, 0.05) is 17.5 Å². The van der Waals surface area contributed by atoms with Gasteiger partial charge >= 0.3 is 0 Å². The van der Waals surface area contributed by atoms with Crippen LogP contribution >= 0.6 is 11.3 Å². The van der Waals surface area contributed by atoms with Gasteiger partial charge < -0.3 is 15.1 Å². The highest BCUT2D eigenvalue weighted by atomic mass is 32.1. The van der Waals surface area contributed by atoms with Crippen LogP contribution in [0.3, 0.4) is 0 Å². The van der Waals surface area contributed by atoms with Gasteiger partial charge in [-0.15, -0.1) is 11.3 Å². The lowest BCUT2D eigenvalue weighted by atomic mass is 9.95. The fourth-order valence-electron chi connectivity index (χ4n) is 2.94. The van der Waals surface area contributed by atoms with Crippen LogP contribution in [0.5, 0.6) is 0 Å². The Balaban J connectivity index is 1.42. The molecule has 2 N–H and O–H groups in total. The molecule has 2 amide bonds. The number of hydrogen-bond acceptors (Lipinski definition) is 6. The van der Waals surface area contributed by atoms with Gasteiger partial charge in [0.2, 0.25) is 11.8 Å². The smallest absolute Gasteiger partial charge is 0.243 e. The molecule has 0 bridgehead atoms. The molecule has 1 atom stereocenters. The van der Waals surface area contributed by atoms with Gasteiger partial charge in [-0.2, -0.15) is 0 Å². The Labute approximate surface area is 150 Å². The van der Waals surface area contributed by atoms with E-state index >= 15 is 0 Å². The highest BCUT2D eigenvalue weighted by molar-refractivity contribution is 7.13. The molecule has 3 rings (SSSR count). The van der Waals surface area contributed by atoms with Crippen LogP contribution in [0.15, 0.2) is 34.4 Å². The van der Waals surface area contributed by atoms with Crippen molar-refractivity contribution in [1.29, 1.82) is 0 Å². The van der Waals surface area contributed by atoms with E-state index in [1.165, 1.54) is 11.3 Å². The zero-order valence-corrected chi connectivity index (χ0v) is 14.9. The van der Waals surface area contributed by atoms with Gasteiger partial charge in [-0.3, -0.25) is 14.5 Å². The molecular weight excluding hydrogens is 340 g/mol. The second-order valence-corrected chi connectivity index (χ2v) is 7.00. The molecule has 1 saturated heterocycles. The van der Waals surface area contributed by atoms with Crippen LogP contribution in [0.2, 0.25) is 0 Å². The first-order valence-corrected chi connectivity index (χ1v) is 9.26. The minimum Gasteiger partial charge on any atom is -0.467 e. The average molecular weight is 362 g/mol. The van der Waals surface area contributed by atoms with Crippen LogP contribution in [-0.4, -0.2) is 40.8 Å². The second kappa shape index (κ2) is 8.26. The first-order valence-electron chi connectivity index (χ1n) is 8.38. The number of nitrogens with zero attached hydrogens (tertiary/aromatic N) is 2. The molecule has 0 aromatic carbocycles. The lowest BCUT2D eigenvalue weighted by Gasteiger charge is -2.34. The predicted molar refractivity (Wildman–Crippen MR) is 95.1 cm³/mol. The molecule has 1 fully saturated rings. The molecule has 7 nitrogen and oxygen atoms in total. The molecule has 0 spiro atoms. The van der Waals surface area contributed by atoms with Crippen molar-refractivity contribution >= 4 is 28.3 Å². The van der Waals surface area contributed by atoms with E-state index in [0.29, 0.717) is 11.7 Å². The minimum absolute atomic E-state index is 0.0135. The van der Waals surface area contributed by atoms with E-state index in [1.807, 2.05) is 18.4 Å².